The number of benzene rings is 2. The number of rotatable bonds is 5. The van der Waals surface area contributed by atoms with Crippen LogP contribution in [0.4, 0.5) is 5.69 Å². The van der Waals surface area contributed by atoms with Gasteiger partial charge in [0.1, 0.15) is 17.1 Å². The summed E-state index contributed by atoms with van der Waals surface area (Å²) < 4.78 is 16.9. The molecule has 0 saturated carbocycles. The van der Waals surface area contributed by atoms with Gasteiger partial charge in [0.05, 0.1) is 34.9 Å². The van der Waals surface area contributed by atoms with Gasteiger partial charge in [0.25, 0.3) is 5.91 Å². The first-order valence-electron chi connectivity index (χ1n) is 9.06. The van der Waals surface area contributed by atoms with Crippen LogP contribution in [0.2, 0.25) is 0 Å². The summed E-state index contributed by atoms with van der Waals surface area (Å²) in [5, 5.41) is 1.22. The van der Waals surface area contributed by atoms with Gasteiger partial charge < -0.3 is 18.8 Å². The maximum absolute atomic E-state index is 13.4. The number of nitrogens with zero attached hydrogens (tertiary/aromatic N) is 1. The van der Waals surface area contributed by atoms with Crippen molar-refractivity contribution in [3.8, 4) is 11.5 Å². The first kappa shape index (κ1) is 19.0. The normalized spacial score (nSPS) is 11.0. The minimum absolute atomic E-state index is 0.219. The molecule has 0 saturated heterocycles. The molecule has 29 heavy (non-hydrogen) atoms. The van der Waals surface area contributed by atoms with Crippen molar-refractivity contribution >= 4 is 44.0 Å². The van der Waals surface area contributed by atoms with Crippen LogP contribution in [0, 0.1) is 0 Å². The average Bonchev–Trinajstić information content (AvgIpc) is 3.20. The summed E-state index contributed by atoms with van der Waals surface area (Å²) in [5.41, 5.74) is 0.664. The van der Waals surface area contributed by atoms with Crippen LogP contribution >= 0.6 is 11.3 Å². The average molecular weight is 409 g/mol. The Morgan fingerprint density at radius 1 is 1.07 bits per heavy atom. The van der Waals surface area contributed by atoms with Crippen molar-refractivity contribution in [2.24, 2.45) is 0 Å². The Balaban J connectivity index is 1.85. The highest BCUT2D eigenvalue weighted by Crippen LogP contribution is 2.36. The fourth-order valence-electron chi connectivity index (χ4n) is 3.31. The first-order chi connectivity index (χ1) is 14.1. The maximum atomic E-state index is 13.4. The minimum Gasteiger partial charge on any atom is -0.497 e. The quantitative estimate of drug-likeness (QED) is 0.447. The Morgan fingerprint density at radius 3 is 2.59 bits per heavy atom. The van der Waals surface area contributed by atoms with Crippen molar-refractivity contribution in [1.29, 1.82) is 0 Å². The highest BCUT2D eigenvalue weighted by atomic mass is 32.1. The molecule has 2 heterocycles. The fraction of sp³-hybridized carbons (Fsp3) is 0.182. The lowest BCUT2D eigenvalue weighted by Crippen LogP contribution is -2.30. The topological polar surface area (TPSA) is 69.0 Å². The van der Waals surface area contributed by atoms with Gasteiger partial charge in [0.2, 0.25) is 0 Å². The molecule has 148 valence electrons. The zero-order chi connectivity index (χ0) is 20.5. The van der Waals surface area contributed by atoms with E-state index >= 15 is 0 Å². The molecule has 2 aromatic carbocycles. The second-order valence-electron chi connectivity index (χ2n) is 6.33. The summed E-state index contributed by atoms with van der Waals surface area (Å²) in [6, 6.07) is 14.2. The minimum atomic E-state index is -0.448. The fourth-order valence-corrected chi connectivity index (χ4v) is 4.44. The number of methoxy groups -OCH3 is 2. The molecule has 7 heteroatoms. The number of ether oxygens (including phenoxy) is 2. The molecule has 2 aromatic heterocycles. The molecule has 0 unspecified atom stereocenters. The van der Waals surface area contributed by atoms with Crippen molar-refractivity contribution in [2.75, 3.05) is 25.7 Å². The van der Waals surface area contributed by atoms with Crippen LogP contribution in [0.5, 0.6) is 11.5 Å². The number of carbonyl (C=O) groups is 1. The summed E-state index contributed by atoms with van der Waals surface area (Å²) in [4.78, 5) is 27.8. The van der Waals surface area contributed by atoms with E-state index in [1.165, 1.54) is 11.3 Å². The molecular weight excluding hydrogens is 390 g/mol. The monoisotopic (exact) mass is 409 g/mol. The number of hydrogen-bond acceptors (Lipinski definition) is 6. The standard InChI is InChI=1S/C22H19NO5S/c1-4-23(16-11-13(26-2)9-10-18(16)27-3)21(24)19-12-15-20(29-19)14-7-5-6-8-17(14)28-22(15)25/h5-12H,4H2,1-3H3. The number of anilines is 1. The van der Waals surface area contributed by atoms with Crippen LogP contribution in [0.1, 0.15) is 16.6 Å². The number of fused-ring (bicyclic) bond motifs is 3. The molecule has 0 spiro atoms. The van der Waals surface area contributed by atoms with Gasteiger partial charge in [-0.1, -0.05) is 12.1 Å². The van der Waals surface area contributed by atoms with Gasteiger partial charge in [-0.05, 0) is 37.3 Å². The van der Waals surface area contributed by atoms with E-state index in [1.807, 2.05) is 25.1 Å². The van der Waals surface area contributed by atoms with E-state index in [9.17, 15) is 9.59 Å². The van der Waals surface area contributed by atoms with E-state index < -0.39 is 5.63 Å². The molecule has 0 aliphatic heterocycles. The third kappa shape index (κ3) is 3.23. The lowest BCUT2D eigenvalue weighted by Gasteiger charge is -2.23. The van der Waals surface area contributed by atoms with Crippen LogP contribution in [0.25, 0.3) is 21.1 Å². The number of para-hydroxylation sites is 1. The molecule has 0 fully saturated rings. The van der Waals surface area contributed by atoms with E-state index in [2.05, 4.69) is 0 Å². The zero-order valence-electron chi connectivity index (χ0n) is 16.2. The predicted octanol–water partition coefficient (Wildman–Crippen LogP) is 4.69. The smallest absolute Gasteiger partial charge is 0.345 e. The van der Waals surface area contributed by atoms with Crippen LogP contribution in [0.3, 0.4) is 0 Å². The van der Waals surface area contributed by atoms with E-state index in [1.54, 1.807) is 49.5 Å². The second kappa shape index (κ2) is 7.60. The van der Waals surface area contributed by atoms with E-state index in [-0.39, 0.29) is 5.91 Å². The molecule has 0 atom stereocenters. The molecule has 4 aromatic rings. The predicted molar refractivity (Wildman–Crippen MR) is 115 cm³/mol. The van der Waals surface area contributed by atoms with Crippen LogP contribution in [-0.2, 0) is 0 Å². The Kier molecular flexibility index (Phi) is 4.98. The summed E-state index contributed by atoms with van der Waals surface area (Å²) >= 11 is 1.29. The molecule has 0 bridgehead atoms. The molecule has 0 N–H and O–H groups in total. The number of carbonyl (C=O) groups excluding carboxylic acids is 1. The van der Waals surface area contributed by atoms with Gasteiger partial charge in [-0.25, -0.2) is 4.79 Å². The summed E-state index contributed by atoms with van der Waals surface area (Å²) in [6.07, 6.45) is 0. The zero-order valence-corrected chi connectivity index (χ0v) is 17.0. The van der Waals surface area contributed by atoms with Gasteiger partial charge in [-0.15, -0.1) is 11.3 Å². The summed E-state index contributed by atoms with van der Waals surface area (Å²) in [7, 11) is 3.13. The van der Waals surface area contributed by atoms with Crippen molar-refractivity contribution in [2.45, 2.75) is 6.92 Å². The van der Waals surface area contributed by atoms with Crippen LogP contribution in [-0.4, -0.2) is 26.7 Å². The Morgan fingerprint density at radius 2 is 1.86 bits per heavy atom. The van der Waals surface area contributed by atoms with Gasteiger partial charge in [-0.3, -0.25) is 4.79 Å². The van der Waals surface area contributed by atoms with E-state index in [4.69, 9.17) is 13.9 Å². The Hall–Kier alpha value is -3.32. The molecule has 0 aliphatic rings. The first-order valence-corrected chi connectivity index (χ1v) is 9.88. The van der Waals surface area contributed by atoms with Crippen LogP contribution < -0.4 is 20.0 Å². The molecule has 4 rings (SSSR count). The van der Waals surface area contributed by atoms with Gasteiger partial charge >= 0.3 is 5.63 Å². The SMILES string of the molecule is CCN(C(=O)c1cc2c(=O)oc3ccccc3c2s1)c1cc(OC)ccc1OC. The maximum Gasteiger partial charge on any atom is 0.345 e. The highest BCUT2D eigenvalue weighted by molar-refractivity contribution is 7.21. The second-order valence-corrected chi connectivity index (χ2v) is 7.38. The molecule has 6 nitrogen and oxygen atoms in total. The van der Waals surface area contributed by atoms with Crippen molar-refractivity contribution < 1.29 is 18.7 Å². The number of hydrogen-bond donors (Lipinski definition) is 0. The summed E-state index contributed by atoms with van der Waals surface area (Å²) in [6.45, 7) is 2.31. The van der Waals surface area contributed by atoms with Crippen molar-refractivity contribution in [3.05, 3.63) is 63.8 Å². The molecule has 0 radical (unpaired) electrons. The lowest BCUT2D eigenvalue weighted by molar-refractivity contribution is 0.0991. The van der Waals surface area contributed by atoms with Crippen LogP contribution in [0.15, 0.2) is 57.7 Å². The van der Waals surface area contributed by atoms with E-state index in [0.717, 1.165) is 10.1 Å². The highest BCUT2D eigenvalue weighted by Gasteiger charge is 2.23. The molecule has 1 amide bonds. The largest absolute Gasteiger partial charge is 0.497 e. The van der Waals surface area contributed by atoms with Gasteiger partial charge in [0.15, 0.2) is 0 Å². The molecule has 0 aliphatic carbocycles. The van der Waals surface area contributed by atoms with Gasteiger partial charge in [0, 0.05) is 18.0 Å². The third-order valence-corrected chi connectivity index (χ3v) is 5.89. The van der Waals surface area contributed by atoms with Crippen molar-refractivity contribution in [3.63, 3.8) is 0 Å². The third-order valence-electron chi connectivity index (χ3n) is 4.74. The molecular formula is C22H19NO5S. The van der Waals surface area contributed by atoms with E-state index in [0.29, 0.717) is 39.6 Å². The summed E-state index contributed by atoms with van der Waals surface area (Å²) in [5.74, 6) is 0.964. The Bertz CT molecular complexity index is 1270. The number of thiophene rings is 1. The lowest BCUT2D eigenvalue weighted by atomic mass is 10.2. The number of amides is 1. The Labute approximate surface area is 170 Å². The van der Waals surface area contributed by atoms with Crippen molar-refractivity contribution in [1.82, 2.24) is 0 Å². The van der Waals surface area contributed by atoms with Gasteiger partial charge in [-0.2, -0.15) is 0 Å².